The first-order valence-corrected chi connectivity index (χ1v) is 8.82. The minimum absolute atomic E-state index is 0.0433. The van der Waals surface area contributed by atoms with E-state index in [-0.39, 0.29) is 24.1 Å². The standard InChI is InChI=1S/C20H23N3O2/c24-20(18-13-17(21-22-18)15-7-3-1-4-8-15)23-11-12-25-19(14-23)16-9-5-2-6-10-16/h1-10,17-19,21-22H,11-14H2. The molecule has 2 fully saturated rings. The highest BCUT2D eigenvalue weighted by atomic mass is 16.5. The van der Waals surface area contributed by atoms with Gasteiger partial charge in [-0.05, 0) is 17.5 Å². The second-order valence-electron chi connectivity index (χ2n) is 6.59. The molecule has 1 amide bonds. The van der Waals surface area contributed by atoms with Gasteiger partial charge in [0.1, 0.15) is 12.1 Å². The molecule has 0 radical (unpaired) electrons. The molecule has 2 aliphatic heterocycles. The quantitative estimate of drug-likeness (QED) is 0.902. The molecule has 0 saturated carbocycles. The predicted octanol–water partition coefficient (Wildman–Crippen LogP) is 2.19. The summed E-state index contributed by atoms with van der Waals surface area (Å²) in [7, 11) is 0. The van der Waals surface area contributed by atoms with Gasteiger partial charge in [0.2, 0.25) is 5.91 Å². The van der Waals surface area contributed by atoms with Gasteiger partial charge in [-0.1, -0.05) is 60.7 Å². The van der Waals surface area contributed by atoms with Crippen molar-refractivity contribution in [3.63, 3.8) is 0 Å². The maximum Gasteiger partial charge on any atom is 0.241 e. The van der Waals surface area contributed by atoms with E-state index in [4.69, 9.17) is 4.74 Å². The highest BCUT2D eigenvalue weighted by Gasteiger charge is 2.35. The first kappa shape index (κ1) is 16.3. The Balaban J connectivity index is 1.39. The van der Waals surface area contributed by atoms with Gasteiger partial charge >= 0.3 is 0 Å². The molecule has 2 aromatic carbocycles. The normalized spacial score (nSPS) is 26.6. The van der Waals surface area contributed by atoms with Gasteiger partial charge in [-0.2, -0.15) is 0 Å². The highest BCUT2D eigenvalue weighted by Crippen LogP contribution is 2.26. The second-order valence-corrected chi connectivity index (χ2v) is 6.59. The van der Waals surface area contributed by atoms with E-state index in [0.29, 0.717) is 19.7 Å². The van der Waals surface area contributed by atoms with E-state index in [1.165, 1.54) is 5.56 Å². The highest BCUT2D eigenvalue weighted by molar-refractivity contribution is 5.82. The number of hydrazine groups is 1. The van der Waals surface area contributed by atoms with Gasteiger partial charge in [0, 0.05) is 12.6 Å². The average molecular weight is 337 g/mol. The summed E-state index contributed by atoms with van der Waals surface area (Å²) >= 11 is 0. The Morgan fingerprint density at radius 3 is 2.36 bits per heavy atom. The van der Waals surface area contributed by atoms with E-state index in [9.17, 15) is 4.79 Å². The summed E-state index contributed by atoms with van der Waals surface area (Å²) in [5.74, 6) is 0.148. The third-order valence-electron chi connectivity index (χ3n) is 4.95. The van der Waals surface area contributed by atoms with Crippen LogP contribution in [0.4, 0.5) is 0 Å². The third kappa shape index (κ3) is 3.58. The number of nitrogens with one attached hydrogen (secondary N) is 2. The maximum absolute atomic E-state index is 12.9. The largest absolute Gasteiger partial charge is 0.370 e. The molecule has 5 heteroatoms. The van der Waals surface area contributed by atoms with Crippen molar-refractivity contribution in [2.45, 2.75) is 24.6 Å². The van der Waals surface area contributed by atoms with E-state index in [2.05, 4.69) is 35.1 Å². The lowest BCUT2D eigenvalue weighted by Gasteiger charge is -2.34. The lowest BCUT2D eigenvalue weighted by atomic mass is 10.0. The molecule has 0 spiro atoms. The number of amides is 1. The van der Waals surface area contributed by atoms with Crippen LogP contribution in [0, 0.1) is 0 Å². The number of carbonyl (C=O) groups excluding carboxylic acids is 1. The van der Waals surface area contributed by atoms with Crippen LogP contribution < -0.4 is 10.9 Å². The van der Waals surface area contributed by atoms with Crippen molar-refractivity contribution < 1.29 is 9.53 Å². The molecule has 2 aliphatic rings. The Kier molecular flexibility index (Phi) is 4.78. The summed E-state index contributed by atoms with van der Waals surface area (Å²) in [6.07, 6.45) is 0.717. The monoisotopic (exact) mass is 337 g/mol. The SMILES string of the molecule is O=C(C1CC(c2ccccc2)NN1)N1CCOC(c2ccccc2)C1. The van der Waals surface area contributed by atoms with Crippen molar-refractivity contribution in [2.24, 2.45) is 0 Å². The Morgan fingerprint density at radius 2 is 1.64 bits per heavy atom. The predicted molar refractivity (Wildman–Crippen MR) is 95.6 cm³/mol. The molecule has 5 nitrogen and oxygen atoms in total. The number of morpholine rings is 1. The van der Waals surface area contributed by atoms with Crippen LogP contribution in [0.25, 0.3) is 0 Å². The number of hydrogen-bond acceptors (Lipinski definition) is 4. The molecule has 2 saturated heterocycles. The number of rotatable bonds is 3. The molecule has 0 aliphatic carbocycles. The number of ether oxygens (including phenoxy) is 1. The number of hydrogen-bond donors (Lipinski definition) is 2. The van der Waals surface area contributed by atoms with Crippen molar-refractivity contribution >= 4 is 5.91 Å². The Bertz CT molecular complexity index is 707. The van der Waals surface area contributed by atoms with Crippen LogP contribution in [-0.2, 0) is 9.53 Å². The number of nitrogens with zero attached hydrogens (tertiary/aromatic N) is 1. The lowest BCUT2D eigenvalue weighted by Crippen LogP contribution is -2.50. The average Bonchev–Trinajstić information content (AvgIpc) is 3.19. The van der Waals surface area contributed by atoms with Crippen LogP contribution in [0.2, 0.25) is 0 Å². The van der Waals surface area contributed by atoms with E-state index in [1.807, 2.05) is 41.3 Å². The zero-order valence-corrected chi connectivity index (χ0v) is 14.1. The summed E-state index contributed by atoms with van der Waals surface area (Å²) in [6.45, 7) is 1.83. The number of carbonyl (C=O) groups is 1. The van der Waals surface area contributed by atoms with Gasteiger partial charge in [-0.3, -0.25) is 4.79 Å². The first-order valence-electron chi connectivity index (χ1n) is 8.82. The molecular weight excluding hydrogens is 314 g/mol. The summed E-state index contributed by atoms with van der Waals surface area (Å²) in [6, 6.07) is 20.3. The summed E-state index contributed by atoms with van der Waals surface area (Å²) in [4.78, 5) is 14.8. The zero-order chi connectivity index (χ0) is 17.1. The lowest BCUT2D eigenvalue weighted by molar-refractivity contribution is -0.141. The van der Waals surface area contributed by atoms with Crippen molar-refractivity contribution in [3.8, 4) is 0 Å². The third-order valence-corrected chi connectivity index (χ3v) is 4.95. The van der Waals surface area contributed by atoms with Gasteiger partial charge in [0.25, 0.3) is 0 Å². The minimum Gasteiger partial charge on any atom is -0.370 e. The fourth-order valence-corrected chi connectivity index (χ4v) is 3.56. The number of benzene rings is 2. The maximum atomic E-state index is 12.9. The van der Waals surface area contributed by atoms with Crippen molar-refractivity contribution in [1.29, 1.82) is 0 Å². The van der Waals surface area contributed by atoms with Crippen LogP contribution in [0.15, 0.2) is 60.7 Å². The van der Waals surface area contributed by atoms with Gasteiger partial charge in [-0.25, -0.2) is 10.9 Å². The molecule has 130 valence electrons. The van der Waals surface area contributed by atoms with Gasteiger partial charge in [0.15, 0.2) is 0 Å². The van der Waals surface area contributed by atoms with E-state index < -0.39 is 0 Å². The van der Waals surface area contributed by atoms with Crippen LogP contribution in [0.3, 0.4) is 0 Å². The van der Waals surface area contributed by atoms with Gasteiger partial charge in [0.05, 0.1) is 13.2 Å². The topological polar surface area (TPSA) is 53.6 Å². The Labute approximate surface area is 148 Å². The van der Waals surface area contributed by atoms with E-state index >= 15 is 0 Å². The molecule has 25 heavy (non-hydrogen) atoms. The summed E-state index contributed by atoms with van der Waals surface area (Å²) in [5.41, 5.74) is 8.76. The first-order chi connectivity index (χ1) is 12.3. The summed E-state index contributed by atoms with van der Waals surface area (Å²) in [5, 5.41) is 0. The fourth-order valence-electron chi connectivity index (χ4n) is 3.56. The molecule has 2 aromatic rings. The van der Waals surface area contributed by atoms with Gasteiger partial charge in [-0.15, -0.1) is 0 Å². The van der Waals surface area contributed by atoms with Crippen LogP contribution in [0.1, 0.15) is 29.7 Å². The van der Waals surface area contributed by atoms with E-state index in [0.717, 1.165) is 12.0 Å². The van der Waals surface area contributed by atoms with Gasteiger partial charge < -0.3 is 9.64 Å². The molecule has 2 N–H and O–H groups in total. The smallest absolute Gasteiger partial charge is 0.241 e. The Morgan fingerprint density at radius 1 is 0.960 bits per heavy atom. The van der Waals surface area contributed by atoms with Crippen LogP contribution in [-0.4, -0.2) is 36.5 Å². The molecule has 0 aromatic heterocycles. The Hall–Kier alpha value is -2.21. The van der Waals surface area contributed by atoms with Crippen molar-refractivity contribution in [3.05, 3.63) is 71.8 Å². The van der Waals surface area contributed by atoms with Crippen molar-refractivity contribution in [1.82, 2.24) is 15.8 Å². The van der Waals surface area contributed by atoms with Crippen LogP contribution >= 0.6 is 0 Å². The van der Waals surface area contributed by atoms with Crippen LogP contribution in [0.5, 0.6) is 0 Å². The molecule has 3 atom stereocenters. The van der Waals surface area contributed by atoms with E-state index in [1.54, 1.807) is 0 Å². The minimum atomic E-state index is -0.195. The molecule has 0 bridgehead atoms. The summed E-state index contributed by atoms with van der Waals surface area (Å²) < 4.78 is 5.87. The molecule has 2 heterocycles. The molecule has 4 rings (SSSR count). The zero-order valence-electron chi connectivity index (χ0n) is 14.1. The fraction of sp³-hybridized carbons (Fsp3) is 0.350. The molecular formula is C20H23N3O2. The molecule has 3 unspecified atom stereocenters. The van der Waals surface area contributed by atoms with Crippen molar-refractivity contribution in [2.75, 3.05) is 19.7 Å². The second kappa shape index (κ2) is 7.35.